The smallest absolute Gasteiger partial charge is 0.265 e. The van der Waals surface area contributed by atoms with Crippen LogP contribution in [0.25, 0.3) is 0 Å². The number of aliphatic hydroxyl groups is 1. The SMILES string of the molecule is CCNc1ccc(Cl)cc1NC(=O)C(C)Oc1cccc(CO)c1. The molecule has 0 fully saturated rings. The minimum atomic E-state index is -0.701. The molecule has 0 saturated heterocycles. The van der Waals surface area contributed by atoms with Crippen LogP contribution in [0, 0.1) is 0 Å². The van der Waals surface area contributed by atoms with Gasteiger partial charge in [-0.25, -0.2) is 0 Å². The highest BCUT2D eigenvalue weighted by Crippen LogP contribution is 2.26. The first-order valence-corrected chi connectivity index (χ1v) is 8.12. The van der Waals surface area contributed by atoms with E-state index >= 15 is 0 Å². The number of amides is 1. The molecule has 0 spiro atoms. The first-order chi connectivity index (χ1) is 11.5. The van der Waals surface area contributed by atoms with Crippen LogP contribution in [0.5, 0.6) is 5.75 Å². The van der Waals surface area contributed by atoms with Crippen molar-refractivity contribution in [1.82, 2.24) is 0 Å². The molecule has 3 N–H and O–H groups in total. The molecular formula is C18H21ClN2O3. The Morgan fingerprint density at radius 3 is 2.75 bits per heavy atom. The molecule has 0 aromatic heterocycles. The summed E-state index contributed by atoms with van der Waals surface area (Å²) in [6.07, 6.45) is -0.701. The number of carbonyl (C=O) groups is 1. The fraction of sp³-hybridized carbons (Fsp3) is 0.278. The molecule has 24 heavy (non-hydrogen) atoms. The van der Waals surface area contributed by atoms with Crippen LogP contribution in [-0.2, 0) is 11.4 Å². The molecule has 0 aliphatic carbocycles. The van der Waals surface area contributed by atoms with Crippen molar-refractivity contribution in [3.05, 3.63) is 53.1 Å². The lowest BCUT2D eigenvalue weighted by Crippen LogP contribution is -2.30. The fourth-order valence-electron chi connectivity index (χ4n) is 2.17. The van der Waals surface area contributed by atoms with Crippen molar-refractivity contribution in [3.8, 4) is 5.75 Å². The minimum Gasteiger partial charge on any atom is -0.481 e. The molecule has 6 heteroatoms. The van der Waals surface area contributed by atoms with Crippen molar-refractivity contribution in [2.75, 3.05) is 17.2 Å². The van der Waals surface area contributed by atoms with Crippen molar-refractivity contribution in [2.45, 2.75) is 26.6 Å². The number of halogens is 1. The molecule has 0 saturated carbocycles. The molecule has 0 aliphatic heterocycles. The van der Waals surface area contributed by atoms with Crippen LogP contribution >= 0.6 is 11.6 Å². The molecule has 2 rings (SSSR count). The Bertz CT molecular complexity index is 706. The third-order valence-corrected chi connectivity index (χ3v) is 3.60. The van der Waals surface area contributed by atoms with E-state index in [9.17, 15) is 4.79 Å². The van der Waals surface area contributed by atoms with Gasteiger partial charge in [0.15, 0.2) is 6.10 Å². The van der Waals surface area contributed by atoms with Gasteiger partial charge in [0.2, 0.25) is 0 Å². The van der Waals surface area contributed by atoms with Gasteiger partial charge >= 0.3 is 0 Å². The number of hydrogen-bond acceptors (Lipinski definition) is 4. The molecule has 1 atom stereocenters. The summed E-state index contributed by atoms with van der Waals surface area (Å²) in [5.74, 6) is 0.244. The number of anilines is 2. The van der Waals surface area contributed by atoms with E-state index in [0.29, 0.717) is 16.5 Å². The normalized spacial score (nSPS) is 11.7. The molecule has 0 radical (unpaired) electrons. The van der Waals surface area contributed by atoms with E-state index in [0.717, 1.165) is 17.8 Å². The fourth-order valence-corrected chi connectivity index (χ4v) is 2.35. The molecule has 5 nitrogen and oxygen atoms in total. The van der Waals surface area contributed by atoms with E-state index in [1.807, 2.05) is 13.0 Å². The van der Waals surface area contributed by atoms with Crippen molar-refractivity contribution < 1.29 is 14.6 Å². The van der Waals surface area contributed by atoms with E-state index in [2.05, 4.69) is 10.6 Å². The lowest BCUT2D eigenvalue weighted by Gasteiger charge is -2.17. The molecule has 2 aromatic rings. The summed E-state index contributed by atoms with van der Waals surface area (Å²) in [7, 11) is 0. The van der Waals surface area contributed by atoms with Crippen molar-refractivity contribution >= 4 is 28.9 Å². The van der Waals surface area contributed by atoms with Crippen LogP contribution < -0.4 is 15.4 Å². The van der Waals surface area contributed by atoms with Gasteiger partial charge in [0.05, 0.1) is 18.0 Å². The number of aliphatic hydroxyl groups excluding tert-OH is 1. The van der Waals surface area contributed by atoms with Crippen LogP contribution in [0.15, 0.2) is 42.5 Å². The number of hydrogen-bond donors (Lipinski definition) is 3. The third kappa shape index (κ3) is 4.88. The van der Waals surface area contributed by atoms with Gasteiger partial charge in [0.1, 0.15) is 5.75 Å². The Morgan fingerprint density at radius 2 is 2.04 bits per heavy atom. The zero-order valence-corrected chi connectivity index (χ0v) is 14.4. The molecule has 2 aromatic carbocycles. The zero-order chi connectivity index (χ0) is 17.5. The van der Waals surface area contributed by atoms with Crippen LogP contribution in [0.1, 0.15) is 19.4 Å². The monoisotopic (exact) mass is 348 g/mol. The molecule has 0 heterocycles. The summed E-state index contributed by atoms with van der Waals surface area (Å²) in [5.41, 5.74) is 2.13. The van der Waals surface area contributed by atoms with Gasteiger partial charge in [-0.15, -0.1) is 0 Å². The van der Waals surface area contributed by atoms with Gasteiger partial charge in [-0.3, -0.25) is 4.79 Å². The largest absolute Gasteiger partial charge is 0.481 e. The molecule has 128 valence electrons. The summed E-state index contributed by atoms with van der Waals surface area (Å²) in [6, 6.07) is 12.3. The Morgan fingerprint density at radius 1 is 1.25 bits per heavy atom. The Kier molecular flexibility index (Phi) is 6.46. The van der Waals surface area contributed by atoms with Gasteiger partial charge < -0.3 is 20.5 Å². The second-order valence-corrected chi connectivity index (χ2v) is 5.71. The standard InChI is InChI=1S/C18H21ClN2O3/c1-3-20-16-8-7-14(19)10-17(16)21-18(23)12(2)24-15-6-4-5-13(9-15)11-22/h4-10,12,20,22H,3,11H2,1-2H3,(H,21,23). The molecule has 1 amide bonds. The topological polar surface area (TPSA) is 70.6 Å². The minimum absolute atomic E-state index is 0.0770. The molecule has 0 aliphatic rings. The van der Waals surface area contributed by atoms with Crippen LogP contribution in [-0.4, -0.2) is 23.7 Å². The zero-order valence-electron chi connectivity index (χ0n) is 13.7. The van der Waals surface area contributed by atoms with Gasteiger partial charge in [-0.2, -0.15) is 0 Å². The first-order valence-electron chi connectivity index (χ1n) is 7.74. The van der Waals surface area contributed by atoms with Crippen LogP contribution in [0.2, 0.25) is 5.02 Å². The molecule has 0 bridgehead atoms. The third-order valence-electron chi connectivity index (χ3n) is 3.37. The van der Waals surface area contributed by atoms with E-state index in [1.54, 1.807) is 43.3 Å². The van der Waals surface area contributed by atoms with Gasteiger partial charge in [-0.05, 0) is 49.7 Å². The second-order valence-electron chi connectivity index (χ2n) is 5.28. The highest BCUT2D eigenvalue weighted by atomic mass is 35.5. The summed E-state index contributed by atoms with van der Waals surface area (Å²) < 4.78 is 5.64. The van der Waals surface area contributed by atoms with Crippen molar-refractivity contribution in [3.63, 3.8) is 0 Å². The second kappa shape index (κ2) is 8.57. The summed E-state index contributed by atoms with van der Waals surface area (Å²) >= 11 is 6.01. The number of rotatable bonds is 7. The maximum atomic E-state index is 12.4. The number of benzene rings is 2. The van der Waals surface area contributed by atoms with Crippen molar-refractivity contribution in [2.24, 2.45) is 0 Å². The highest BCUT2D eigenvalue weighted by molar-refractivity contribution is 6.31. The average molecular weight is 349 g/mol. The summed E-state index contributed by atoms with van der Waals surface area (Å²) in [5, 5.41) is 15.7. The van der Waals surface area contributed by atoms with Crippen LogP contribution in [0.3, 0.4) is 0 Å². The summed E-state index contributed by atoms with van der Waals surface area (Å²) in [4.78, 5) is 12.4. The van der Waals surface area contributed by atoms with Crippen molar-refractivity contribution in [1.29, 1.82) is 0 Å². The molecular weight excluding hydrogens is 328 g/mol. The Hall–Kier alpha value is -2.24. The number of carbonyl (C=O) groups excluding carboxylic acids is 1. The lowest BCUT2D eigenvalue weighted by molar-refractivity contribution is -0.122. The Labute approximate surface area is 146 Å². The van der Waals surface area contributed by atoms with Gasteiger partial charge in [0.25, 0.3) is 5.91 Å². The molecule has 1 unspecified atom stereocenters. The highest BCUT2D eigenvalue weighted by Gasteiger charge is 2.16. The van der Waals surface area contributed by atoms with E-state index in [1.165, 1.54) is 0 Å². The Balaban J connectivity index is 2.07. The summed E-state index contributed by atoms with van der Waals surface area (Å²) in [6.45, 7) is 4.29. The maximum Gasteiger partial charge on any atom is 0.265 e. The van der Waals surface area contributed by atoms with Gasteiger partial charge in [0, 0.05) is 11.6 Å². The van der Waals surface area contributed by atoms with E-state index in [4.69, 9.17) is 21.4 Å². The first kappa shape index (κ1) is 18.1. The number of nitrogens with one attached hydrogen (secondary N) is 2. The predicted octanol–water partition coefficient (Wildman–Crippen LogP) is 3.67. The lowest BCUT2D eigenvalue weighted by atomic mass is 10.2. The van der Waals surface area contributed by atoms with E-state index in [-0.39, 0.29) is 12.5 Å². The van der Waals surface area contributed by atoms with Crippen LogP contribution in [0.4, 0.5) is 11.4 Å². The average Bonchev–Trinajstić information content (AvgIpc) is 2.57. The maximum absolute atomic E-state index is 12.4. The van der Waals surface area contributed by atoms with Gasteiger partial charge in [-0.1, -0.05) is 23.7 Å². The quantitative estimate of drug-likeness (QED) is 0.714. The predicted molar refractivity (Wildman–Crippen MR) is 96.7 cm³/mol. The van der Waals surface area contributed by atoms with E-state index < -0.39 is 6.10 Å². The number of ether oxygens (including phenoxy) is 1.